The van der Waals surface area contributed by atoms with Gasteiger partial charge in [-0.1, -0.05) is 18.2 Å². The third-order valence-corrected chi connectivity index (χ3v) is 7.24. The third-order valence-electron chi connectivity index (χ3n) is 4.13. The number of amides is 1. The lowest BCUT2D eigenvalue weighted by Gasteiger charge is -2.22. The molecule has 2 aromatic rings. The number of anilines is 1. The molecular weight excluding hydrogens is 334 g/mol. The van der Waals surface area contributed by atoms with Crippen LogP contribution < -0.4 is 4.90 Å². The molecule has 0 radical (unpaired) electrons. The van der Waals surface area contributed by atoms with Crippen LogP contribution in [-0.4, -0.2) is 24.0 Å². The molecule has 0 spiro atoms. The molecule has 1 aliphatic heterocycles. The number of carbonyl (C=O) groups is 1. The molecule has 3 rings (SSSR count). The Morgan fingerprint density at radius 3 is 2.17 bits per heavy atom. The van der Waals surface area contributed by atoms with Gasteiger partial charge in [0.05, 0.1) is 4.58 Å². The first kappa shape index (κ1) is 17.4. The number of carbonyl (C=O) groups excluding carboxylic acids is 1. The molecule has 2 nitrogen and oxygen atoms in total. The Morgan fingerprint density at radius 2 is 1.62 bits per heavy atom. The molecular formula is C20H23NOS2. The molecule has 126 valence electrons. The van der Waals surface area contributed by atoms with Gasteiger partial charge in [0.2, 0.25) is 0 Å². The predicted molar refractivity (Wildman–Crippen MR) is 107 cm³/mol. The van der Waals surface area contributed by atoms with Crippen molar-refractivity contribution in [1.82, 2.24) is 0 Å². The number of nitrogens with zero attached hydrogens (tertiary/aromatic N) is 1. The Morgan fingerprint density at radius 1 is 1.04 bits per heavy atom. The molecule has 2 aromatic carbocycles. The van der Waals surface area contributed by atoms with Crippen molar-refractivity contribution in [3.63, 3.8) is 0 Å². The zero-order chi connectivity index (χ0) is 17.1. The zero-order valence-corrected chi connectivity index (χ0v) is 16.0. The fourth-order valence-corrected chi connectivity index (χ4v) is 5.90. The normalized spacial score (nSPS) is 14.8. The van der Waals surface area contributed by atoms with Crippen LogP contribution >= 0.6 is 23.5 Å². The number of hydrogen-bond donors (Lipinski definition) is 0. The molecule has 1 saturated heterocycles. The predicted octanol–water partition coefficient (Wildman–Crippen LogP) is 5.45. The standard InChI is InChI=1S/C20H23NOS2/c1-4-21(18-12-14(2)11-15(3)13-18)19(22)16-5-7-17(8-6-16)20-23-9-10-24-20/h5-8,11-13,20H,4,9-10H2,1-3H3. The van der Waals surface area contributed by atoms with Gasteiger partial charge in [-0.25, -0.2) is 0 Å². The minimum absolute atomic E-state index is 0.0702. The van der Waals surface area contributed by atoms with Gasteiger partial charge in [-0.05, 0) is 61.7 Å². The largest absolute Gasteiger partial charge is 0.309 e. The zero-order valence-electron chi connectivity index (χ0n) is 14.4. The van der Waals surface area contributed by atoms with Gasteiger partial charge in [0, 0.05) is 29.3 Å². The summed E-state index contributed by atoms with van der Waals surface area (Å²) < 4.78 is 0.524. The van der Waals surface area contributed by atoms with Gasteiger partial charge in [0.15, 0.2) is 0 Å². The van der Waals surface area contributed by atoms with Gasteiger partial charge < -0.3 is 4.90 Å². The van der Waals surface area contributed by atoms with Crippen LogP contribution in [0.3, 0.4) is 0 Å². The van der Waals surface area contributed by atoms with Gasteiger partial charge in [-0.15, -0.1) is 23.5 Å². The summed E-state index contributed by atoms with van der Waals surface area (Å²) in [6.45, 7) is 6.83. The summed E-state index contributed by atoms with van der Waals surface area (Å²) >= 11 is 3.98. The highest BCUT2D eigenvalue weighted by Gasteiger charge is 2.20. The quantitative estimate of drug-likeness (QED) is 0.726. The van der Waals surface area contributed by atoms with Crippen LogP contribution in [0.1, 0.15) is 38.6 Å². The molecule has 0 N–H and O–H groups in total. The molecule has 1 heterocycles. The lowest BCUT2D eigenvalue weighted by Crippen LogP contribution is -2.30. The Hall–Kier alpha value is -1.39. The summed E-state index contributed by atoms with van der Waals surface area (Å²) in [5.74, 6) is 2.50. The SMILES string of the molecule is CCN(C(=O)c1ccc(C2SCCS2)cc1)c1cc(C)cc(C)c1. The minimum atomic E-state index is 0.0702. The summed E-state index contributed by atoms with van der Waals surface area (Å²) in [6.07, 6.45) is 0. The van der Waals surface area contributed by atoms with E-state index < -0.39 is 0 Å². The van der Waals surface area contributed by atoms with Crippen LogP contribution in [0.2, 0.25) is 0 Å². The van der Waals surface area contributed by atoms with Crippen molar-refractivity contribution in [1.29, 1.82) is 0 Å². The first-order chi connectivity index (χ1) is 11.6. The van der Waals surface area contributed by atoms with E-state index in [1.165, 1.54) is 28.2 Å². The molecule has 0 unspecified atom stereocenters. The molecule has 0 atom stereocenters. The van der Waals surface area contributed by atoms with Crippen LogP contribution in [0.4, 0.5) is 5.69 Å². The monoisotopic (exact) mass is 357 g/mol. The highest BCUT2D eigenvalue weighted by molar-refractivity contribution is 8.19. The van der Waals surface area contributed by atoms with Gasteiger partial charge in [-0.3, -0.25) is 4.79 Å². The van der Waals surface area contributed by atoms with E-state index in [0.29, 0.717) is 11.1 Å². The van der Waals surface area contributed by atoms with E-state index in [1.807, 2.05) is 47.5 Å². The van der Waals surface area contributed by atoms with Crippen molar-refractivity contribution in [2.45, 2.75) is 25.4 Å². The molecule has 0 bridgehead atoms. The third kappa shape index (κ3) is 3.81. The Bertz CT molecular complexity index is 701. The topological polar surface area (TPSA) is 20.3 Å². The van der Waals surface area contributed by atoms with Crippen LogP contribution in [0, 0.1) is 13.8 Å². The average molecular weight is 358 g/mol. The number of hydrogen-bond acceptors (Lipinski definition) is 3. The Balaban J connectivity index is 1.83. The molecule has 0 aliphatic carbocycles. The lowest BCUT2D eigenvalue weighted by molar-refractivity contribution is 0.0988. The maximum Gasteiger partial charge on any atom is 0.258 e. The first-order valence-electron chi connectivity index (χ1n) is 8.32. The summed E-state index contributed by atoms with van der Waals surface area (Å²) in [7, 11) is 0. The minimum Gasteiger partial charge on any atom is -0.309 e. The van der Waals surface area contributed by atoms with Crippen LogP contribution in [0.25, 0.3) is 0 Å². The van der Waals surface area contributed by atoms with E-state index in [2.05, 4.69) is 44.2 Å². The first-order valence-corrected chi connectivity index (χ1v) is 10.4. The second-order valence-electron chi connectivity index (χ2n) is 6.09. The van der Waals surface area contributed by atoms with Gasteiger partial charge in [-0.2, -0.15) is 0 Å². The maximum atomic E-state index is 12.9. The number of aryl methyl sites for hydroxylation is 2. The highest BCUT2D eigenvalue weighted by atomic mass is 32.2. The van der Waals surface area contributed by atoms with Crippen molar-refractivity contribution in [3.8, 4) is 0 Å². The number of benzene rings is 2. The van der Waals surface area contributed by atoms with Gasteiger partial charge in [0.25, 0.3) is 5.91 Å². The van der Waals surface area contributed by atoms with E-state index in [0.717, 1.165) is 11.3 Å². The van der Waals surface area contributed by atoms with E-state index in [9.17, 15) is 4.79 Å². The number of thioether (sulfide) groups is 2. The molecule has 24 heavy (non-hydrogen) atoms. The van der Waals surface area contributed by atoms with E-state index in [1.54, 1.807) is 0 Å². The van der Waals surface area contributed by atoms with Crippen molar-refractivity contribution >= 4 is 35.1 Å². The summed E-state index contributed by atoms with van der Waals surface area (Å²) in [5, 5.41) is 0. The van der Waals surface area contributed by atoms with E-state index in [-0.39, 0.29) is 5.91 Å². The molecule has 1 fully saturated rings. The van der Waals surface area contributed by atoms with Crippen molar-refractivity contribution in [3.05, 3.63) is 64.7 Å². The fraction of sp³-hybridized carbons (Fsp3) is 0.350. The van der Waals surface area contributed by atoms with Crippen molar-refractivity contribution < 1.29 is 4.79 Å². The summed E-state index contributed by atoms with van der Waals surface area (Å²) in [4.78, 5) is 14.8. The average Bonchev–Trinajstić information content (AvgIpc) is 3.09. The van der Waals surface area contributed by atoms with Crippen molar-refractivity contribution in [2.75, 3.05) is 23.0 Å². The highest BCUT2D eigenvalue weighted by Crippen LogP contribution is 2.45. The molecule has 1 aliphatic rings. The second kappa shape index (κ2) is 7.66. The smallest absolute Gasteiger partial charge is 0.258 e. The molecule has 1 amide bonds. The van der Waals surface area contributed by atoms with Crippen LogP contribution in [-0.2, 0) is 0 Å². The van der Waals surface area contributed by atoms with E-state index in [4.69, 9.17) is 0 Å². The Kier molecular flexibility index (Phi) is 5.57. The molecule has 0 saturated carbocycles. The second-order valence-corrected chi connectivity index (χ2v) is 8.82. The maximum absolute atomic E-state index is 12.9. The van der Waals surface area contributed by atoms with Crippen LogP contribution in [0.5, 0.6) is 0 Å². The fourth-order valence-electron chi connectivity index (χ4n) is 3.04. The number of rotatable bonds is 4. The lowest BCUT2D eigenvalue weighted by atomic mass is 10.1. The van der Waals surface area contributed by atoms with Gasteiger partial charge in [0.1, 0.15) is 0 Å². The van der Waals surface area contributed by atoms with Crippen LogP contribution in [0.15, 0.2) is 42.5 Å². The summed E-state index contributed by atoms with van der Waals surface area (Å²) in [6, 6.07) is 14.5. The molecule has 4 heteroatoms. The van der Waals surface area contributed by atoms with Crippen molar-refractivity contribution in [2.24, 2.45) is 0 Å². The van der Waals surface area contributed by atoms with Gasteiger partial charge >= 0.3 is 0 Å². The molecule has 0 aromatic heterocycles. The Labute approximate surface area is 153 Å². The van der Waals surface area contributed by atoms with E-state index >= 15 is 0 Å². The summed E-state index contributed by atoms with van der Waals surface area (Å²) in [5.41, 5.74) is 5.41.